The van der Waals surface area contributed by atoms with Gasteiger partial charge in [0.2, 0.25) is 5.78 Å². The number of aromatic hydroxyl groups is 1. The van der Waals surface area contributed by atoms with E-state index in [4.69, 9.17) is 9.47 Å². The molecule has 6 nitrogen and oxygen atoms in total. The Morgan fingerprint density at radius 2 is 2.00 bits per heavy atom. The van der Waals surface area contributed by atoms with Crippen molar-refractivity contribution in [2.24, 2.45) is 5.92 Å². The van der Waals surface area contributed by atoms with Gasteiger partial charge in [-0.15, -0.1) is 0 Å². The molecule has 2 aromatic carbocycles. The van der Waals surface area contributed by atoms with Crippen LogP contribution in [0.1, 0.15) is 66.6 Å². The molecule has 1 unspecified atom stereocenters. The molecular formula is C27H31NO5. The number of Topliss-reactive ketones (excluding diaryl/α,β-unsaturated/α-hetero) is 1. The van der Waals surface area contributed by atoms with Gasteiger partial charge in [-0.05, 0) is 61.6 Å². The van der Waals surface area contributed by atoms with E-state index >= 15 is 0 Å². The Balaban J connectivity index is 1.55. The van der Waals surface area contributed by atoms with Gasteiger partial charge in [-0.1, -0.05) is 38.1 Å². The second-order valence-electron chi connectivity index (χ2n) is 9.03. The van der Waals surface area contributed by atoms with Crippen LogP contribution >= 0.6 is 0 Å². The Labute approximate surface area is 194 Å². The normalized spacial score (nSPS) is 19.6. The molecule has 4 rings (SSSR count). The molecule has 0 saturated carbocycles. The van der Waals surface area contributed by atoms with Crippen molar-refractivity contribution >= 4 is 17.8 Å². The molecule has 33 heavy (non-hydrogen) atoms. The van der Waals surface area contributed by atoms with Crippen LogP contribution in [0.25, 0.3) is 6.08 Å². The molecule has 2 heterocycles. The van der Waals surface area contributed by atoms with Crippen LogP contribution in [0.2, 0.25) is 0 Å². The average molecular weight is 450 g/mol. The van der Waals surface area contributed by atoms with Crippen molar-refractivity contribution in [3.8, 4) is 11.5 Å². The van der Waals surface area contributed by atoms with E-state index in [1.165, 1.54) is 5.56 Å². The van der Waals surface area contributed by atoms with Crippen LogP contribution in [-0.2, 0) is 16.1 Å². The highest BCUT2D eigenvalue weighted by Gasteiger charge is 2.33. The molecule has 0 bridgehead atoms. The van der Waals surface area contributed by atoms with Gasteiger partial charge < -0.3 is 14.6 Å². The third kappa shape index (κ3) is 4.96. The minimum absolute atomic E-state index is 0.0855. The quantitative estimate of drug-likeness (QED) is 0.499. The van der Waals surface area contributed by atoms with E-state index in [9.17, 15) is 14.7 Å². The zero-order valence-electron chi connectivity index (χ0n) is 19.5. The first-order valence-electron chi connectivity index (χ1n) is 11.7. The second-order valence-corrected chi connectivity index (χ2v) is 9.03. The first kappa shape index (κ1) is 23.1. The highest BCUT2D eigenvalue weighted by Crippen LogP contribution is 2.40. The van der Waals surface area contributed by atoms with Crippen LogP contribution in [0.4, 0.5) is 0 Å². The van der Waals surface area contributed by atoms with E-state index in [0.29, 0.717) is 42.5 Å². The fraction of sp³-hybridized carbons (Fsp3) is 0.407. The van der Waals surface area contributed by atoms with Crippen molar-refractivity contribution < 1.29 is 24.2 Å². The number of carbonyl (C=O) groups excluding carboxylic acids is 2. The summed E-state index contributed by atoms with van der Waals surface area (Å²) in [6.07, 6.45) is 3.41. The molecular weight excluding hydrogens is 418 g/mol. The van der Waals surface area contributed by atoms with Gasteiger partial charge in [0.15, 0.2) is 5.76 Å². The molecule has 174 valence electrons. The van der Waals surface area contributed by atoms with Gasteiger partial charge >= 0.3 is 5.97 Å². The Morgan fingerprint density at radius 1 is 1.24 bits per heavy atom. The largest absolute Gasteiger partial charge is 0.507 e. The number of carbonyl (C=O) groups is 2. The molecule has 0 spiro atoms. The summed E-state index contributed by atoms with van der Waals surface area (Å²) in [5.74, 6) is 0.628. The first-order valence-corrected chi connectivity index (χ1v) is 11.7. The number of ketones is 1. The van der Waals surface area contributed by atoms with Crippen LogP contribution < -0.4 is 4.74 Å². The van der Waals surface area contributed by atoms with Crippen LogP contribution in [0, 0.1) is 5.92 Å². The lowest BCUT2D eigenvalue weighted by Crippen LogP contribution is -2.39. The maximum Gasteiger partial charge on any atom is 0.310 e. The number of fused-ring (bicyclic) bond motifs is 1. The molecule has 1 N–H and O–H groups in total. The molecule has 0 aromatic heterocycles. The Kier molecular flexibility index (Phi) is 6.84. The van der Waals surface area contributed by atoms with Gasteiger partial charge in [-0.3, -0.25) is 14.5 Å². The van der Waals surface area contributed by atoms with E-state index in [1.54, 1.807) is 18.2 Å². The van der Waals surface area contributed by atoms with Crippen LogP contribution in [0.5, 0.6) is 11.5 Å². The van der Waals surface area contributed by atoms with Gasteiger partial charge in [0.05, 0.1) is 23.7 Å². The lowest BCUT2D eigenvalue weighted by molar-refractivity contribution is -0.150. The van der Waals surface area contributed by atoms with E-state index < -0.39 is 0 Å². The van der Waals surface area contributed by atoms with E-state index in [2.05, 4.69) is 30.9 Å². The van der Waals surface area contributed by atoms with Gasteiger partial charge in [0.25, 0.3) is 0 Å². The molecule has 1 atom stereocenters. The number of hydrogen-bond acceptors (Lipinski definition) is 6. The SMILES string of the molecule is CCOC(=O)C1CCCN(Cc2c(O)ccc3c2O/C(=C\c2ccc(C(C)C)cc2)C3=O)C1. The summed E-state index contributed by atoms with van der Waals surface area (Å²) in [5, 5.41) is 10.6. The molecule has 1 saturated heterocycles. The molecule has 2 aliphatic heterocycles. The number of phenols is 1. The predicted molar refractivity (Wildman–Crippen MR) is 126 cm³/mol. The van der Waals surface area contributed by atoms with Crippen molar-refractivity contribution in [1.82, 2.24) is 4.90 Å². The van der Waals surface area contributed by atoms with Gasteiger partial charge in [0, 0.05) is 13.1 Å². The minimum Gasteiger partial charge on any atom is -0.507 e. The molecule has 1 fully saturated rings. The third-order valence-electron chi connectivity index (χ3n) is 6.32. The number of rotatable bonds is 6. The number of benzene rings is 2. The summed E-state index contributed by atoms with van der Waals surface area (Å²) in [5.41, 5.74) is 3.14. The van der Waals surface area contributed by atoms with Crippen LogP contribution in [0.15, 0.2) is 42.2 Å². The van der Waals surface area contributed by atoms with Gasteiger partial charge in [-0.25, -0.2) is 0 Å². The zero-order chi connectivity index (χ0) is 23.5. The number of likely N-dealkylation sites (tertiary alicyclic amines) is 1. The summed E-state index contributed by atoms with van der Waals surface area (Å²) < 4.78 is 11.2. The molecule has 0 aliphatic carbocycles. The van der Waals surface area contributed by atoms with Crippen molar-refractivity contribution in [1.29, 1.82) is 0 Å². The zero-order valence-corrected chi connectivity index (χ0v) is 19.5. The maximum atomic E-state index is 13.0. The van der Waals surface area contributed by atoms with Crippen molar-refractivity contribution in [2.45, 2.75) is 46.1 Å². The number of hydrogen-bond donors (Lipinski definition) is 1. The van der Waals surface area contributed by atoms with E-state index in [0.717, 1.165) is 24.9 Å². The standard InChI is InChI=1S/C27H31NO5/c1-4-32-27(31)20-6-5-13-28(15-20)16-22-23(29)12-11-21-25(30)24(33-26(21)22)14-18-7-9-19(10-8-18)17(2)3/h7-12,14,17,20,29H,4-6,13,15-16H2,1-3H3/b24-14-. The Morgan fingerprint density at radius 3 is 2.70 bits per heavy atom. The Bertz CT molecular complexity index is 1070. The average Bonchev–Trinajstić information content (AvgIpc) is 3.12. The van der Waals surface area contributed by atoms with E-state index in [-0.39, 0.29) is 29.2 Å². The second kappa shape index (κ2) is 9.79. The predicted octanol–water partition coefficient (Wildman–Crippen LogP) is 4.91. The number of ether oxygens (including phenoxy) is 2. The summed E-state index contributed by atoms with van der Waals surface area (Å²) in [6.45, 7) is 8.21. The molecule has 2 aromatic rings. The third-order valence-corrected chi connectivity index (χ3v) is 6.32. The number of allylic oxidation sites excluding steroid dienone is 1. The van der Waals surface area contributed by atoms with Crippen molar-refractivity contribution in [3.05, 3.63) is 64.4 Å². The monoisotopic (exact) mass is 449 g/mol. The smallest absolute Gasteiger partial charge is 0.310 e. The molecule has 0 amide bonds. The fourth-order valence-corrected chi connectivity index (χ4v) is 4.45. The maximum absolute atomic E-state index is 13.0. The van der Waals surface area contributed by atoms with Gasteiger partial charge in [-0.2, -0.15) is 0 Å². The Hall–Kier alpha value is -3.12. The summed E-state index contributed by atoms with van der Waals surface area (Å²) in [7, 11) is 0. The molecule has 6 heteroatoms. The number of phenolic OH excluding ortho intramolecular Hbond substituents is 1. The summed E-state index contributed by atoms with van der Waals surface area (Å²) in [6, 6.07) is 11.2. The topological polar surface area (TPSA) is 76.1 Å². The minimum atomic E-state index is -0.192. The van der Waals surface area contributed by atoms with E-state index in [1.807, 2.05) is 19.1 Å². The lowest BCUT2D eigenvalue weighted by Gasteiger charge is -2.31. The highest BCUT2D eigenvalue weighted by molar-refractivity contribution is 6.15. The number of piperidine rings is 1. The fourth-order valence-electron chi connectivity index (χ4n) is 4.45. The van der Waals surface area contributed by atoms with Gasteiger partial charge in [0.1, 0.15) is 11.5 Å². The number of nitrogens with zero attached hydrogens (tertiary/aromatic N) is 1. The summed E-state index contributed by atoms with van der Waals surface area (Å²) >= 11 is 0. The number of esters is 1. The molecule has 0 radical (unpaired) electrons. The first-order chi connectivity index (χ1) is 15.9. The van der Waals surface area contributed by atoms with Crippen molar-refractivity contribution in [3.63, 3.8) is 0 Å². The van der Waals surface area contributed by atoms with Crippen LogP contribution in [0.3, 0.4) is 0 Å². The van der Waals surface area contributed by atoms with Crippen molar-refractivity contribution in [2.75, 3.05) is 19.7 Å². The van der Waals surface area contributed by atoms with Crippen LogP contribution in [-0.4, -0.2) is 41.5 Å². The highest BCUT2D eigenvalue weighted by atomic mass is 16.5. The lowest BCUT2D eigenvalue weighted by atomic mass is 9.97. The molecule has 2 aliphatic rings. The summed E-state index contributed by atoms with van der Waals surface area (Å²) in [4.78, 5) is 27.3.